The van der Waals surface area contributed by atoms with Crippen molar-refractivity contribution in [3.63, 3.8) is 0 Å². The molecule has 0 amide bonds. The number of rotatable bonds is 9. The van der Waals surface area contributed by atoms with Gasteiger partial charge in [0.25, 0.3) is 0 Å². The third-order valence-electron chi connectivity index (χ3n) is 2.67. The molecule has 2 N–H and O–H groups in total. The quantitative estimate of drug-likeness (QED) is 0.633. The second-order valence-corrected chi connectivity index (χ2v) is 8.63. The van der Waals surface area contributed by atoms with Gasteiger partial charge >= 0.3 is 11.9 Å². The van der Waals surface area contributed by atoms with Crippen LogP contribution >= 0.6 is 10.8 Å². The first-order chi connectivity index (χ1) is 10.2. The maximum atomic E-state index is 12.1. The summed E-state index contributed by atoms with van der Waals surface area (Å²) in [6.07, 6.45) is 0. The van der Waals surface area contributed by atoms with Gasteiger partial charge in [0, 0.05) is 12.3 Å². The number of carboxylic acids is 2. The fourth-order valence-electron chi connectivity index (χ4n) is 1.65. The van der Waals surface area contributed by atoms with Crippen LogP contribution in [0, 0.1) is 6.92 Å². The second kappa shape index (κ2) is 8.16. The number of carbonyl (C=O) groups is 2. The average molecular weight is 347 g/mol. The molecule has 22 heavy (non-hydrogen) atoms. The molecule has 0 saturated heterocycles. The molecule has 0 heterocycles. The molecule has 7 nitrogen and oxygen atoms in total. The minimum atomic E-state index is -3.53. The van der Waals surface area contributed by atoms with Crippen molar-refractivity contribution >= 4 is 31.6 Å². The molecule has 0 radical (unpaired) electrons. The summed E-state index contributed by atoms with van der Waals surface area (Å²) in [4.78, 5) is 22.6. The third-order valence-corrected chi connectivity index (χ3v) is 6.19. The monoisotopic (exact) mass is 347 g/mol. The number of hydrogen-bond donors (Lipinski definition) is 2. The van der Waals surface area contributed by atoms with E-state index in [1.165, 1.54) is 17.0 Å². The van der Waals surface area contributed by atoms with Crippen molar-refractivity contribution in [3.8, 4) is 0 Å². The Morgan fingerprint density at radius 2 is 1.59 bits per heavy atom. The van der Waals surface area contributed by atoms with Crippen LogP contribution in [0.25, 0.3) is 0 Å². The van der Waals surface area contributed by atoms with Crippen LogP contribution in [0.5, 0.6) is 0 Å². The SMILES string of the molecule is Cc1ccc(S(=O)(=O)SCCN(CC(=O)O)CC(=O)O)cc1. The van der Waals surface area contributed by atoms with E-state index in [0.717, 1.165) is 5.56 Å². The Bertz CT molecular complexity index is 610. The van der Waals surface area contributed by atoms with Gasteiger partial charge in [0.1, 0.15) is 0 Å². The lowest BCUT2D eigenvalue weighted by atomic mass is 10.2. The van der Waals surface area contributed by atoms with Crippen LogP contribution < -0.4 is 0 Å². The van der Waals surface area contributed by atoms with Crippen LogP contribution in [0.3, 0.4) is 0 Å². The summed E-state index contributed by atoms with van der Waals surface area (Å²) < 4.78 is 24.2. The van der Waals surface area contributed by atoms with E-state index < -0.39 is 33.9 Å². The number of aryl methyl sites for hydroxylation is 1. The molecule has 122 valence electrons. The number of benzene rings is 1. The highest BCUT2D eigenvalue weighted by Gasteiger charge is 2.18. The molecule has 0 bridgehead atoms. The highest BCUT2D eigenvalue weighted by molar-refractivity contribution is 8.72. The van der Waals surface area contributed by atoms with Crippen LogP contribution in [-0.4, -0.2) is 60.9 Å². The molecule has 0 atom stereocenters. The standard InChI is InChI=1S/C13H17NO6S2/c1-10-2-4-11(5-3-10)22(19,20)21-7-6-14(8-12(15)16)9-13(17)18/h2-5H,6-9H2,1H3,(H,15,16)(H,17,18). The van der Waals surface area contributed by atoms with Gasteiger partial charge in [0.05, 0.1) is 18.0 Å². The van der Waals surface area contributed by atoms with Gasteiger partial charge in [-0.3, -0.25) is 14.5 Å². The molecule has 0 spiro atoms. The van der Waals surface area contributed by atoms with E-state index in [2.05, 4.69) is 0 Å². The van der Waals surface area contributed by atoms with Crippen LogP contribution in [0.15, 0.2) is 29.2 Å². The van der Waals surface area contributed by atoms with Crippen LogP contribution in [-0.2, 0) is 18.5 Å². The van der Waals surface area contributed by atoms with Gasteiger partial charge in [-0.1, -0.05) is 17.7 Å². The molecule has 1 rings (SSSR count). The molecular weight excluding hydrogens is 330 g/mol. The maximum Gasteiger partial charge on any atom is 0.317 e. The molecular formula is C13H17NO6S2. The zero-order chi connectivity index (χ0) is 16.8. The summed E-state index contributed by atoms with van der Waals surface area (Å²) in [6, 6.07) is 6.39. The Balaban J connectivity index is 2.61. The molecule has 0 aliphatic carbocycles. The molecule has 0 unspecified atom stereocenters. The van der Waals surface area contributed by atoms with Crippen molar-refractivity contribution in [2.75, 3.05) is 25.4 Å². The normalized spacial score (nSPS) is 11.5. The van der Waals surface area contributed by atoms with Crippen LogP contribution in [0.4, 0.5) is 0 Å². The predicted octanol–water partition coefficient (Wildman–Crippen LogP) is 0.888. The molecule has 1 aromatic rings. The van der Waals surface area contributed by atoms with E-state index in [1.54, 1.807) is 12.1 Å². The van der Waals surface area contributed by atoms with Crippen LogP contribution in [0.1, 0.15) is 5.56 Å². The lowest BCUT2D eigenvalue weighted by Gasteiger charge is -2.17. The van der Waals surface area contributed by atoms with Gasteiger partial charge in [-0.15, -0.1) is 0 Å². The van der Waals surface area contributed by atoms with Gasteiger partial charge in [0.15, 0.2) is 0 Å². The zero-order valence-corrected chi connectivity index (χ0v) is 13.6. The first kappa shape index (κ1) is 18.5. The Morgan fingerprint density at radius 1 is 1.09 bits per heavy atom. The highest BCUT2D eigenvalue weighted by Crippen LogP contribution is 2.23. The van der Waals surface area contributed by atoms with Crippen molar-refractivity contribution in [1.29, 1.82) is 0 Å². The molecule has 0 fully saturated rings. The van der Waals surface area contributed by atoms with Crippen molar-refractivity contribution in [2.45, 2.75) is 11.8 Å². The van der Waals surface area contributed by atoms with E-state index in [-0.39, 0.29) is 17.2 Å². The van der Waals surface area contributed by atoms with Crippen molar-refractivity contribution in [1.82, 2.24) is 4.90 Å². The second-order valence-electron chi connectivity index (χ2n) is 4.59. The first-order valence-corrected chi connectivity index (χ1v) is 9.31. The van der Waals surface area contributed by atoms with E-state index in [4.69, 9.17) is 10.2 Å². The van der Waals surface area contributed by atoms with Gasteiger partial charge in [-0.25, -0.2) is 8.42 Å². The van der Waals surface area contributed by atoms with Gasteiger partial charge in [-0.05, 0) is 29.9 Å². The Morgan fingerprint density at radius 3 is 2.05 bits per heavy atom. The number of nitrogens with zero attached hydrogens (tertiary/aromatic N) is 1. The summed E-state index contributed by atoms with van der Waals surface area (Å²) in [5, 5.41) is 17.4. The Kier molecular flexibility index (Phi) is 6.85. The largest absolute Gasteiger partial charge is 0.480 e. The summed E-state index contributed by atoms with van der Waals surface area (Å²) in [7, 11) is -2.87. The minimum Gasteiger partial charge on any atom is -0.480 e. The molecule has 0 aliphatic rings. The molecule has 9 heteroatoms. The Labute approximate surface area is 132 Å². The van der Waals surface area contributed by atoms with Crippen molar-refractivity contribution in [2.24, 2.45) is 0 Å². The van der Waals surface area contributed by atoms with E-state index in [1.807, 2.05) is 6.92 Å². The fourth-order valence-corrected chi connectivity index (χ4v) is 4.43. The summed E-state index contributed by atoms with van der Waals surface area (Å²) >= 11 is 0. The fraction of sp³-hybridized carbons (Fsp3) is 0.385. The zero-order valence-electron chi connectivity index (χ0n) is 11.9. The number of hydrogen-bond acceptors (Lipinski definition) is 6. The van der Waals surface area contributed by atoms with Crippen LogP contribution in [0.2, 0.25) is 0 Å². The third kappa shape index (κ3) is 6.46. The van der Waals surface area contributed by atoms with Crippen molar-refractivity contribution in [3.05, 3.63) is 29.8 Å². The van der Waals surface area contributed by atoms with Gasteiger partial charge in [-0.2, -0.15) is 0 Å². The van der Waals surface area contributed by atoms with E-state index in [0.29, 0.717) is 10.8 Å². The maximum absolute atomic E-state index is 12.1. The average Bonchev–Trinajstić information content (AvgIpc) is 2.37. The lowest BCUT2D eigenvalue weighted by molar-refractivity contribution is -0.141. The topological polar surface area (TPSA) is 112 Å². The number of aliphatic carboxylic acids is 2. The number of carboxylic acid groups (broad SMARTS) is 2. The lowest BCUT2D eigenvalue weighted by Crippen LogP contribution is -2.36. The predicted molar refractivity (Wildman–Crippen MR) is 82.5 cm³/mol. The van der Waals surface area contributed by atoms with E-state index in [9.17, 15) is 18.0 Å². The smallest absolute Gasteiger partial charge is 0.317 e. The molecule has 0 aliphatic heterocycles. The highest BCUT2D eigenvalue weighted by atomic mass is 33.1. The Hall–Kier alpha value is -1.58. The minimum absolute atomic E-state index is 0.0500. The van der Waals surface area contributed by atoms with Gasteiger partial charge in [0.2, 0.25) is 8.87 Å². The summed E-state index contributed by atoms with van der Waals surface area (Å²) in [5.41, 5.74) is 0.943. The summed E-state index contributed by atoms with van der Waals surface area (Å²) in [6.45, 7) is 1.00. The van der Waals surface area contributed by atoms with Crippen molar-refractivity contribution < 1.29 is 28.2 Å². The molecule has 0 aromatic heterocycles. The van der Waals surface area contributed by atoms with Gasteiger partial charge < -0.3 is 10.2 Å². The first-order valence-electron chi connectivity index (χ1n) is 6.33. The molecule has 1 aromatic carbocycles. The summed E-state index contributed by atoms with van der Waals surface area (Å²) in [5.74, 6) is -2.24. The van der Waals surface area contributed by atoms with E-state index >= 15 is 0 Å². The molecule has 0 saturated carbocycles.